The average Bonchev–Trinajstić information content (AvgIpc) is 2.75. The fraction of sp³-hybridized carbons (Fsp3) is 0.500. The Kier molecular flexibility index (Phi) is 4.68. The fourth-order valence-electron chi connectivity index (χ4n) is 2.58. The topological polar surface area (TPSA) is 6.48 Å². The summed E-state index contributed by atoms with van der Waals surface area (Å²) >= 11 is 0. The van der Waals surface area contributed by atoms with Crippen molar-refractivity contribution in [3.63, 3.8) is 0 Å². The first-order valence-electron chi connectivity index (χ1n) is 7.09. The number of hydrogen-bond donors (Lipinski definition) is 0. The quantitative estimate of drug-likeness (QED) is 0.750. The number of rotatable bonds is 6. The highest BCUT2D eigenvalue weighted by Gasteiger charge is 2.24. The summed E-state index contributed by atoms with van der Waals surface area (Å²) in [5.74, 6) is 0. The maximum absolute atomic E-state index is 2.48. The molecule has 0 aliphatic carbocycles. The highest BCUT2D eigenvalue weighted by Crippen LogP contribution is 2.22. The predicted molar refractivity (Wildman–Crippen MR) is 76.8 cm³/mol. The van der Waals surface area contributed by atoms with Crippen LogP contribution in [0, 0.1) is 0 Å². The van der Waals surface area contributed by atoms with E-state index < -0.39 is 0 Å². The van der Waals surface area contributed by atoms with Crippen molar-refractivity contribution in [2.45, 2.75) is 45.8 Å². The summed E-state index contributed by atoms with van der Waals surface area (Å²) in [5.41, 5.74) is 1.39. The largest absolute Gasteiger partial charge is 0.356 e. The van der Waals surface area contributed by atoms with Crippen LogP contribution in [0.3, 0.4) is 0 Å². The maximum Gasteiger partial charge on any atom is 0.101 e. The number of hydrogen-bond acceptors (Lipinski definition) is 2. The summed E-state index contributed by atoms with van der Waals surface area (Å²) in [6.45, 7) is 6.69. The van der Waals surface area contributed by atoms with E-state index in [-0.39, 0.29) is 0 Å². The Bertz CT molecular complexity index is 372. The minimum atomic E-state index is 0.551. The molecule has 1 aliphatic rings. The Balaban J connectivity index is 2.01. The Morgan fingerprint density at radius 1 is 0.944 bits per heavy atom. The normalized spacial score (nSPS) is 18.7. The minimum absolute atomic E-state index is 0.551. The molecule has 0 N–H and O–H groups in total. The molecule has 2 rings (SSSR count). The lowest BCUT2D eigenvalue weighted by atomic mass is 10.2. The summed E-state index contributed by atoms with van der Waals surface area (Å²) in [5, 5.41) is 0. The second-order valence-electron chi connectivity index (χ2n) is 4.96. The summed E-state index contributed by atoms with van der Waals surface area (Å²) in [7, 11) is 0. The van der Waals surface area contributed by atoms with Crippen LogP contribution in [0.25, 0.3) is 0 Å². The highest BCUT2D eigenvalue weighted by molar-refractivity contribution is 5.15. The molecule has 0 amide bonds. The smallest absolute Gasteiger partial charge is 0.101 e. The van der Waals surface area contributed by atoms with E-state index in [2.05, 4.69) is 66.4 Å². The number of benzene rings is 1. The van der Waals surface area contributed by atoms with E-state index in [0.717, 1.165) is 13.1 Å². The molecule has 98 valence electrons. The Morgan fingerprint density at radius 3 is 2.33 bits per heavy atom. The maximum atomic E-state index is 2.48. The Hall–Kier alpha value is -1.44. The van der Waals surface area contributed by atoms with E-state index in [4.69, 9.17) is 0 Å². The van der Waals surface area contributed by atoms with Gasteiger partial charge in [0.2, 0.25) is 0 Å². The van der Waals surface area contributed by atoms with Gasteiger partial charge in [-0.15, -0.1) is 0 Å². The third kappa shape index (κ3) is 3.06. The van der Waals surface area contributed by atoms with Crippen molar-refractivity contribution in [3.8, 4) is 0 Å². The SMILES string of the molecule is CCCC1N(CCC)C=CN1Cc1ccccc1. The summed E-state index contributed by atoms with van der Waals surface area (Å²) in [6.07, 6.45) is 8.74. The lowest BCUT2D eigenvalue weighted by Crippen LogP contribution is -2.38. The van der Waals surface area contributed by atoms with Gasteiger partial charge in [0.05, 0.1) is 0 Å². The van der Waals surface area contributed by atoms with Crippen LogP contribution in [-0.4, -0.2) is 22.5 Å². The highest BCUT2D eigenvalue weighted by atomic mass is 15.4. The molecule has 18 heavy (non-hydrogen) atoms. The van der Waals surface area contributed by atoms with E-state index >= 15 is 0 Å². The third-order valence-corrected chi connectivity index (χ3v) is 3.45. The molecule has 1 aromatic rings. The molecule has 0 saturated carbocycles. The molecule has 0 spiro atoms. The third-order valence-electron chi connectivity index (χ3n) is 3.45. The van der Waals surface area contributed by atoms with E-state index in [0.29, 0.717) is 6.17 Å². The molecular weight excluding hydrogens is 220 g/mol. The first-order chi connectivity index (χ1) is 8.85. The summed E-state index contributed by atoms with van der Waals surface area (Å²) in [6, 6.07) is 10.7. The molecular formula is C16H24N2. The van der Waals surface area contributed by atoms with E-state index in [1.807, 2.05) is 0 Å². The molecule has 1 heterocycles. The van der Waals surface area contributed by atoms with Crippen LogP contribution in [0.15, 0.2) is 42.7 Å². The standard InChI is InChI=1S/C16H24N2/c1-3-8-16-17(11-4-2)12-13-18(16)14-15-9-6-5-7-10-15/h5-7,9-10,12-13,16H,3-4,8,11,14H2,1-2H3. The molecule has 0 aromatic heterocycles. The van der Waals surface area contributed by atoms with Crippen molar-refractivity contribution in [2.75, 3.05) is 6.54 Å². The van der Waals surface area contributed by atoms with Crippen molar-refractivity contribution in [2.24, 2.45) is 0 Å². The van der Waals surface area contributed by atoms with Gasteiger partial charge in [0, 0.05) is 25.5 Å². The predicted octanol–water partition coefficient (Wildman–Crippen LogP) is 3.81. The van der Waals surface area contributed by atoms with Gasteiger partial charge in [-0.1, -0.05) is 50.6 Å². The lowest BCUT2D eigenvalue weighted by Gasteiger charge is -2.32. The summed E-state index contributed by atoms with van der Waals surface area (Å²) in [4.78, 5) is 4.95. The van der Waals surface area contributed by atoms with Gasteiger partial charge in [0.25, 0.3) is 0 Å². The van der Waals surface area contributed by atoms with Crippen molar-refractivity contribution in [3.05, 3.63) is 48.3 Å². The average molecular weight is 244 g/mol. The minimum Gasteiger partial charge on any atom is -0.356 e. The molecule has 2 nitrogen and oxygen atoms in total. The van der Waals surface area contributed by atoms with Crippen LogP contribution >= 0.6 is 0 Å². The van der Waals surface area contributed by atoms with Gasteiger partial charge in [0.1, 0.15) is 6.17 Å². The summed E-state index contributed by atoms with van der Waals surface area (Å²) < 4.78 is 0. The van der Waals surface area contributed by atoms with Gasteiger partial charge in [-0.05, 0) is 18.4 Å². The fourth-order valence-corrected chi connectivity index (χ4v) is 2.58. The van der Waals surface area contributed by atoms with Crippen LogP contribution < -0.4 is 0 Å². The van der Waals surface area contributed by atoms with Crippen LogP contribution in [0.2, 0.25) is 0 Å². The van der Waals surface area contributed by atoms with Crippen molar-refractivity contribution in [1.29, 1.82) is 0 Å². The molecule has 0 radical (unpaired) electrons. The molecule has 1 aromatic carbocycles. The Labute approximate surface area is 111 Å². The number of nitrogens with zero attached hydrogens (tertiary/aromatic N) is 2. The second-order valence-corrected chi connectivity index (χ2v) is 4.96. The van der Waals surface area contributed by atoms with Crippen molar-refractivity contribution in [1.82, 2.24) is 9.80 Å². The van der Waals surface area contributed by atoms with Gasteiger partial charge >= 0.3 is 0 Å². The monoisotopic (exact) mass is 244 g/mol. The van der Waals surface area contributed by atoms with Crippen LogP contribution in [0.1, 0.15) is 38.7 Å². The van der Waals surface area contributed by atoms with Crippen LogP contribution in [0.5, 0.6) is 0 Å². The molecule has 0 saturated heterocycles. The Morgan fingerprint density at radius 2 is 1.67 bits per heavy atom. The molecule has 1 aliphatic heterocycles. The van der Waals surface area contributed by atoms with Gasteiger partial charge in [-0.2, -0.15) is 0 Å². The van der Waals surface area contributed by atoms with E-state index in [1.165, 1.54) is 24.8 Å². The molecule has 2 heteroatoms. The second kappa shape index (κ2) is 6.48. The first kappa shape index (κ1) is 13.0. The zero-order valence-electron chi connectivity index (χ0n) is 11.5. The van der Waals surface area contributed by atoms with Gasteiger partial charge in [-0.25, -0.2) is 0 Å². The zero-order chi connectivity index (χ0) is 12.8. The van der Waals surface area contributed by atoms with Gasteiger partial charge in [-0.3, -0.25) is 0 Å². The van der Waals surface area contributed by atoms with Gasteiger partial charge in [0.15, 0.2) is 0 Å². The lowest BCUT2D eigenvalue weighted by molar-refractivity contribution is 0.136. The molecule has 0 fully saturated rings. The van der Waals surface area contributed by atoms with Crippen LogP contribution in [-0.2, 0) is 6.54 Å². The van der Waals surface area contributed by atoms with Crippen molar-refractivity contribution < 1.29 is 0 Å². The first-order valence-corrected chi connectivity index (χ1v) is 7.09. The van der Waals surface area contributed by atoms with E-state index in [1.54, 1.807) is 0 Å². The molecule has 1 atom stereocenters. The van der Waals surface area contributed by atoms with Gasteiger partial charge < -0.3 is 9.80 Å². The molecule has 0 bridgehead atoms. The van der Waals surface area contributed by atoms with Crippen LogP contribution in [0.4, 0.5) is 0 Å². The zero-order valence-corrected chi connectivity index (χ0v) is 11.5. The van der Waals surface area contributed by atoms with Crippen molar-refractivity contribution >= 4 is 0 Å². The molecule has 1 unspecified atom stereocenters. The van der Waals surface area contributed by atoms with E-state index in [9.17, 15) is 0 Å².